The fraction of sp³-hybridized carbons (Fsp3) is 0.379. The molecule has 0 aliphatic carbocycles. The number of rotatable bonds is 2. The fourth-order valence-corrected chi connectivity index (χ4v) is 5.88. The van der Waals surface area contributed by atoms with E-state index in [1.807, 2.05) is 43.4 Å². The average Bonchev–Trinajstić information content (AvgIpc) is 3.35. The van der Waals surface area contributed by atoms with Crippen molar-refractivity contribution >= 4 is 17.1 Å². The Labute approximate surface area is 228 Å². The second kappa shape index (κ2) is 8.94. The van der Waals surface area contributed by atoms with Crippen LogP contribution in [0.1, 0.15) is 56.6 Å². The summed E-state index contributed by atoms with van der Waals surface area (Å²) in [6, 6.07) is 8.84. The molecule has 40 heavy (non-hydrogen) atoms. The van der Waals surface area contributed by atoms with Crippen LogP contribution in [0.2, 0.25) is 0 Å². The molecular formula is C29H28F3N5O3. The smallest absolute Gasteiger partial charge is 0.433 e. The molecule has 6 heterocycles. The number of pyridine rings is 3. The highest BCUT2D eigenvalue weighted by molar-refractivity contribution is 5.85. The molecule has 4 aromatic heterocycles. The second-order valence-electron chi connectivity index (χ2n) is 11.4. The Kier molecular flexibility index (Phi) is 5.83. The van der Waals surface area contributed by atoms with E-state index < -0.39 is 17.5 Å². The van der Waals surface area contributed by atoms with Crippen LogP contribution in [0.25, 0.3) is 28.0 Å². The Morgan fingerprint density at radius 1 is 1.05 bits per heavy atom. The zero-order valence-electron chi connectivity index (χ0n) is 22.5. The minimum absolute atomic E-state index is 0.0599. The Bertz CT molecular complexity index is 1700. The molecular weight excluding hydrogens is 523 g/mol. The standard InChI is InChI=1S/C29H28F3N5O3/c1-28(2,3)40-27(39)37-18-6-8-20(37)25-19-7-10-23(34-26(19)35(4)21(25)14-18)36-12-11-16(13-24(36)38)17-5-9-22(33-15-17)29(30,31)32/h5,7,9-13,15,18,20H,6,8,14H2,1-4H3. The Hall–Kier alpha value is -4.15. The molecule has 0 spiro atoms. The van der Waals surface area contributed by atoms with Crippen LogP contribution in [0.4, 0.5) is 18.0 Å². The molecule has 1 amide bonds. The molecule has 2 aliphatic heterocycles. The lowest BCUT2D eigenvalue weighted by molar-refractivity contribution is -0.141. The van der Waals surface area contributed by atoms with Crippen molar-refractivity contribution in [3.8, 4) is 16.9 Å². The number of amides is 1. The van der Waals surface area contributed by atoms with Crippen molar-refractivity contribution in [1.29, 1.82) is 0 Å². The van der Waals surface area contributed by atoms with Gasteiger partial charge in [0.15, 0.2) is 0 Å². The third-order valence-electron chi connectivity index (χ3n) is 7.61. The predicted molar refractivity (Wildman–Crippen MR) is 142 cm³/mol. The van der Waals surface area contributed by atoms with Crippen molar-refractivity contribution in [2.45, 2.75) is 63.9 Å². The first-order valence-electron chi connectivity index (χ1n) is 13.1. The van der Waals surface area contributed by atoms with Crippen molar-refractivity contribution in [2.75, 3.05) is 0 Å². The summed E-state index contributed by atoms with van der Waals surface area (Å²) in [6.07, 6.45) is 0.272. The highest BCUT2D eigenvalue weighted by atomic mass is 19.4. The number of hydrogen-bond donors (Lipinski definition) is 0. The van der Waals surface area contributed by atoms with Gasteiger partial charge in [-0.05, 0) is 63.4 Å². The van der Waals surface area contributed by atoms with E-state index in [2.05, 4.69) is 4.98 Å². The van der Waals surface area contributed by atoms with Crippen LogP contribution < -0.4 is 5.56 Å². The highest BCUT2D eigenvalue weighted by Crippen LogP contribution is 2.47. The maximum absolute atomic E-state index is 13.1. The normalized spacial score (nSPS) is 18.7. The molecule has 0 saturated carbocycles. The lowest BCUT2D eigenvalue weighted by atomic mass is 9.98. The van der Waals surface area contributed by atoms with Crippen LogP contribution in [0.3, 0.4) is 0 Å². The summed E-state index contributed by atoms with van der Waals surface area (Å²) in [5, 5.41) is 0.931. The predicted octanol–water partition coefficient (Wildman–Crippen LogP) is 5.80. The van der Waals surface area contributed by atoms with Gasteiger partial charge in [0.25, 0.3) is 5.56 Å². The number of hydrogen-bond acceptors (Lipinski definition) is 5. The molecule has 0 N–H and O–H groups in total. The first-order valence-corrected chi connectivity index (χ1v) is 13.1. The number of nitrogens with zero attached hydrogens (tertiary/aromatic N) is 5. The van der Waals surface area contributed by atoms with Gasteiger partial charge in [0.05, 0.1) is 6.04 Å². The summed E-state index contributed by atoms with van der Waals surface area (Å²) in [7, 11) is 1.95. The fourth-order valence-electron chi connectivity index (χ4n) is 5.88. The minimum Gasteiger partial charge on any atom is -0.444 e. The summed E-state index contributed by atoms with van der Waals surface area (Å²) in [5.74, 6) is 0.418. The summed E-state index contributed by atoms with van der Waals surface area (Å²) in [6.45, 7) is 5.58. The molecule has 1 fully saturated rings. The molecule has 2 bridgehead atoms. The third-order valence-corrected chi connectivity index (χ3v) is 7.61. The number of aryl methyl sites for hydroxylation is 1. The molecule has 208 valence electrons. The highest BCUT2D eigenvalue weighted by Gasteiger charge is 2.46. The van der Waals surface area contributed by atoms with E-state index in [0.29, 0.717) is 29.0 Å². The summed E-state index contributed by atoms with van der Waals surface area (Å²) >= 11 is 0. The lowest BCUT2D eigenvalue weighted by Gasteiger charge is -2.36. The van der Waals surface area contributed by atoms with Crippen molar-refractivity contribution in [3.05, 3.63) is 76.1 Å². The Morgan fingerprint density at radius 2 is 1.82 bits per heavy atom. The van der Waals surface area contributed by atoms with Crippen molar-refractivity contribution in [1.82, 2.24) is 24.0 Å². The first kappa shape index (κ1) is 26.1. The number of carbonyl (C=O) groups is 1. The summed E-state index contributed by atoms with van der Waals surface area (Å²) in [4.78, 5) is 36.3. The Balaban J connectivity index is 1.34. The molecule has 2 unspecified atom stereocenters. The van der Waals surface area contributed by atoms with Crippen LogP contribution in [0, 0.1) is 0 Å². The first-order chi connectivity index (χ1) is 18.8. The van der Waals surface area contributed by atoms with Crippen LogP contribution >= 0.6 is 0 Å². The molecule has 8 nitrogen and oxygen atoms in total. The van der Waals surface area contributed by atoms with E-state index in [-0.39, 0.29) is 23.7 Å². The largest absolute Gasteiger partial charge is 0.444 e. The number of ether oxygens (including phenoxy) is 1. The molecule has 2 atom stereocenters. The molecule has 4 aromatic rings. The SMILES string of the molecule is Cn1c2c(c3ccc(-n4ccc(-c5ccc(C(F)(F)F)nc5)cc4=O)nc31)C1CCC(C2)N1C(=O)OC(C)(C)C. The van der Waals surface area contributed by atoms with E-state index in [0.717, 1.165) is 41.7 Å². The van der Waals surface area contributed by atoms with Gasteiger partial charge in [-0.1, -0.05) is 6.07 Å². The van der Waals surface area contributed by atoms with Gasteiger partial charge >= 0.3 is 12.3 Å². The minimum atomic E-state index is -4.53. The van der Waals surface area contributed by atoms with Crippen LogP contribution in [0.5, 0.6) is 0 Å². The third kappa shape index (κ3) is 4.33. The van der Waals surface area contributed by atoms with E-state index >= 15 is 0 Å². The van der Waals surface area contributed by atoms with Crippen molar-refractivity contribution in [2.24, 2.45) is 7.05 Å². The quantitative estimate of drug-likeness (QED) is 0.315. The molecule has 11 heteroatoms. The Morgan fingerprint density at radius 3 is 2.48 bits per heavy atom. The van der Waals surface area contributed by atoms with Gasteiger partial charge < -0.3 is 9.30 Å². The van der Waals surface area contributed by atoms with Gasteiger partial charge in [-0.25, -0.2) is 9.78 Å². The number of aromatic nitrogens is 4. The van der Waals surface area contributed by atoms with Gasteiger partial charge in [0.1, 0.15) is 22.8 Å². The molecule has 6 rings (SSSR count). The maximum Gasteiger partial charge on any atom is 0.433 e. The molecule has 2 aliphatic rings. The van der Waals surface area contributed by atoms with Crippen molar-refractivity contribution in [3.63, 3.8) is 0 Å². The van der Waals surface area contributed by atoms with Crippen LogP contribution in [-0.2, 0) is 24.4 Å². The zero-order chi connectivity index (χ0) is 28.6. The van der Waals surface area contributed by atoms with Gasteiger partial charge in [-0.2, -0.15) is 13.2 Å². The maximum atomic E-state index is 13.1. The van der Waals surface area contributed by atoms with Gasteiger partial charge in [-0.15, -0.1) is 0 Å². The monoisotopic (exact) mass is 551 g/mol. The molecule has 1 saturated heterocycles. The van der Waals surface area contributed by atoms with Gasteiger partial charge in [0.2, 0.25) is 0 Å². The number of alkyl halides is 3. The van der Waals surface area contributed by atoms with E-state index in [9.17, 15) is 22.8 Å². The summed E-state index contributed by atoms with van der Waals surface area (Å²) < 4.78 is 47.7. The van der Waals surface area contributed by atoms with E-state index in [1.165, 1.54) is 16.7 Å². The molecule has 0 aromatic carbocycles. The van der Waals surface area contributed by atoms with E-state index in [1.54, 1.807) is 18.3 Å². The van der Waals surface area contributed by atoms with Crippen LogP contribution in [0.15, 0.2) is 53.6 Å². The van der Waals surface area contributed by atoms with E-state index in [4.69, 9.17) is 9.72 Å². The average molecular weight is 552 g/mol. The zero-order valence-corrected chi connectivity index (χ0v) is 22.5. The number of fused-ring (bicyclic) bond motifs is 6. The van der Waals surface area contributed by atoms with Gasteiger partial charge in [-0.3, -0.25) is 19.2 Å². The van der Waals surface area contributed by atoms with Crippen LogP contribution in [-0.4, -0.2) is 41.7 Å². The molecule has 0 radical (unpaired) electrons. The van der Waals surface area contributed by atoms with Crippen molar-refractivity contribution < 1.29 is 22.7 Å². The summed E-state index contributed by atoms with van der Waals surface area (Å²) in [5.41, 5.74) is 1.82. The second-order valence-corrected chi connectivity index (χ2v) is 11.4. The number of halogens is 3. The lowest BCUT2D eigenvalue weighted by Crippen LogP contribution is -2.44. The number of carbonyl (C=O) groups excluding carboxylic acids is 1. The van der Waals surface area contributed by atoms with Gasteiger partial charge in [0, 0.05) is 60.2 Å². The topological polar surface area (TPSA) is 82.3 Å².